The van der Waals surface area contributed by atoms with Gasteiger partial charge in [-0.3, -0.25) is 4.79 Å². The van der Waals surface area contributed by atoms with Crippen molar-refractivity contribution >= 4 is 21.9 Å². The number of carbonyl (C=O) groups is 1. The van der Waals surface area contributed by atoms with Crippen LogP contribution in [0.1, 0.15) is 173 Å². The molecule has 0 aliphatic heterocycles. The average Bonchev–Trinajstić information content (AvgIpc) is 2.82. The van der Waals surface area contributed by atoms with Crippen LogP contribution < -0.4 is 0 Å². The zero-order chi connectivity index (χ0) is 29.0. The number of aliphatic hydroxyl groups excluding tert-OH is 1. The van der Waals surface area contributed by atoms with Gasteiger partial charge in [-0.1, -0.05) is 168 Å². The minimum absolute atomic E-state index is 0. The van der Waals surface area contributed by atoms with Gasteiger partial charge in [0.2, 0.25) is 6.54 Å². The predicted octanol–water partition coefficient (Wildman–Crippen LogP) is 12.0. The summed E-state index contributed by atoms with van der Waals surface area (Å²) in [7, 11) is 0. The third-order valence-electron chi connectivity index (χ3n) is 3.78. The number of carboxylic acid groups (broad SMARTS) is 1. The summed E-state index contributed by atoms with van der Waals surface area (Å²) in [6.45, 7) is 27.0. The zero-order valence-electron chi connectivity index (χ0n) is 25.9. The van der Waals surface area contributed by atoms with Crippen molar-refractivity contribution in [1.82, 2.24) is 0 Å². The van der Waals surface area contributed by atoms with Gasteiger partial charge in [0, 0.05) is 25.8 Å². The topological polar surface area (TPSA) is 61.9 Å². The Bertz CT molecular complexity index is 289. The van der Waals surface area contributed by atoms with E-state index in [2.05, 4.69) is 62.3 Å². The minimum atomic E-state index is -0.833. The monoisotopic (exact) mass is 585 g/mol. The molecule has 0 atom stereocenters. The van der Waals surface area contributed by atoms with Crippen molar-refractivity contribution in [2.45, 2.75) is 173 Å². The Hall–Kier alpha value is -0.600. The molecular weight excluding hydrogens is 514 g/mol. The first kappa shape index (κ1) is 55.8. The summed E-state index contributed by atoms with van der Waals surface area (Å²) in [6.07, 6.45) is 21.0. The van der Waals surface area contributed by atoms with Gasteiger partial charge in [-0.05, 0) is 6.92 Å². The maximum atomic E-state index is 9.00. The molecule has 0 aromatic carbocycles. The molecule has 0 saturated heterocycles. The molecule has 0 aliphatic carbocycles. The lowest BCUT2D eigenvalue weighted by Gasteiger charge is -1.93. The highest BCUT2D eigenvalue weighted by Crippen LogP contribution is 2.03. The van der Waals surface area contributed by atoms with E-state index in [1.807, 2.05) is 13.8 Å². The Labute approximate surface area is 239 Å². The first-order chi connectivity index (χ1) is 16.7. The van der Waals surface area contributed by atoms with Gasteiger partial charge in [-0.15, -0.1) is 0 Å². The van der Waals surface area contributed by atoms with Crippen LogP contribution in [-0.4, -0.2) is 34.7 Å². The van der Waals surface area contributed by atoms with Crippen molar-refractivity contribution in [1.29, 1.82) is 0 Å². The maximum Gasteiger partial charge on any atom is 0.300 e. The number of aliphatic carboxylic acids is 1. The van der Waals surface area contributed by atoms with Gasteiger partial charge in [0.05, 0.1) is 0 Å². The Morgan fingerprint density at radius 3 is 0.861 bits per heavy atom. The van der Waals surface area contributed by atoms with Crippen LogP contribution in [0.4, 0.5) is 0 Å². The second kappa shape index (κ2) is 83.8. The quantitative estimate of drug-likeness (QED) is 0.136. The molecule has 5 heteroatoms. The normalized spacial score (nSPS) is 7.75. The molecule has 0 aliphatic rings. The lowest BCUT2D eigenvalue weighted by atomic mass is 10.1. The SMILES string of the molecule is C.CC(=O)O.CCBr.CCCCCC.CCCCCCC.CCCCCCCC.CCO.[C-]#[N+]CC. The van der Waals surface area contributed by atoms with E-state index in [0.717, 1.165) is 12.3 Å². The van der Waals surface area contributed by atoms with Crippen molar-refractivity contribution in [3.8, 4) is 0 Å². The molecule has 0 amide bonds. The number of hydrogen-bond donors (Lipinski definition) is 2. The molecule has 0 fully saturated rings. The first-order valence-corrected chi connectivity index (χ1v) is 15.5. The average molecular weight is 587 g/mol. The number of nitrogens with zero attached hydrogens (tertiary/aromatic N) is 1. The number of aliphatic hydroxyl groups is 1. The number of unbranched alkanes of at least 4 members (excludes halogenated alkanes) is 12. The Morgan fingerprint density at radius 2 is 0.750 bits per heavy atom. The van der Waals surface area contributed by atoms with Crippen LogP contribution in [-0.2, 0) is 4.79 Å². The summed E-state index contributed by atoms with van der Waals surface area (Å²) in [5.74, 6) is -0.833. The summed E-state index contributed by atoms with van der Waals surface area (Å²) < 4.78 is 0. The molecule has 36 heavy (non-hydrogen) atoms. The van der Waals surface area contributed by atoms with Crippen LogP contribution in [0.2, 0.25) is 0 Å². The highest BCUT2D eigenvalue weighted by Gasteiger charge is 1.83. The highest BCUT2D eigenvalue weighted by atomic mass is 79.9. The fourth-order valence-electron chi connectivity index (χ4n) is 2.03. The van der Waals surface area contributed by atoms with E-state index < -0.39 is 5.97 Å². The smallest absolute Gasteiger partial charge is 0.300 e. The number of carboxylic acids is 1. The number of rotatable bonds is 12. The molecule has 0 aromatic rings. The van der Waals surface area contributed by atoms with Crippen molar-refractivity contribution in [2.24, 2.45) is 0 Å². The minimum Gasteiger partial charge on any atom is -0.481 e. The van der Waals surface area contributed by atoms with Crippen molar-refractivity contribution in [3.05, 3.63) is 11.4 Å². The summed E-state index contributed by atoms with van der Waals surface area (Å²) in [6, 6.07) is 0. The van der Waals surface area contributed by atoms with Crippen LogP contribution in [0, 0.1) is 6.57 Å². The van der Waals surface area contributed by atoms with E-state index in [1.165, 1.54) is 96.3 Å². The second-order valence-corrected chi connectivity index (χ2v) is 8.88. The molecule has 0 heterocycles. The van der Waals surface area contributed by atoms with Crippen LogP contribution in [0.25, 0.3) is 4.85 Å². The van der Waals surface area contributed by atoms with Crippen molar-refractivity contribution in [2.75, 3.05) is 18.5 Å². The summed E-state index contributed by atoms with van der Waals surface area (Å²) in [5.41, 5.74) is 0. The van der Waals surface area contributed by atoms with Gasteiger partial charge in [0.15, 0.2) is 0 Å². The van der Waals surface area contributed by atoms with E-state index in [9.17, 15) is 0 Å². The van der Waals surface area contributed by atoms with Gasteiger partial charge >= 0.3 is 0 Å². The molecule has 0 spiro atoms. The van der Waals surface area contributed by atoms with Gasteiger partial charge in [0.25, 0.3) is 5.97 Å². The first-order valence-electron chi connectivity index (χ1n) is 14.4. The van der Waals surface area contributed by atoms with E-state index in [4.69, 9.17) is 21.6 Å². The molecular formula is C31H72BrNO3. The van der Waals surface area contributed by atoms with Gasteiger partial charge in [-0.2, -0.15) is 0 Å². The second-order valence-electron chi connectivity index (χ2n) is 7.76. The Balaban J connectivity index is -0.0000000435. The summed E-state index contributed by atoms with van der Waals surface area (Å²) >= 11 is 3.15. The lowest BCUT2D eigenvalue weighted by Crippen LogP contribution is -1.78. The fraction of sp³-hybridized carbons (Fsp3) is 0.935. The zero-order valence-corrected chi connectivity index (χ0v) is 27.4. The summed E-state index contributed by atoms with van der Waals surface area (Å²) in [4.78, 5) is 12.0. The molecule has 226 valence electrons. The molecule has 4 nitrogen and oxygen atoms in total. The maximum absolute atomic E-state index is 9.00. The Kier molecular flexibility index (Phi) is 130. The third kappa shape index (κ3) is 228. The van der Waals surface area contributed by atoms with E-state index in [1.54, 1.807) is 6.92 Å². The molecule has 0 unspecified atom stereocenters. The molecule has 0 radical (unpaired) electrons. The van der Waals surface area contributed by atoms with Crippen LogP contribution >= 0.6 is 15.9 Å². The van der Waals surface area contributed by atoms with Gasteiger partial charge in [0.1, 0.15) is 0 Å². The predicted molar refractivity (Wildman–Crippen MR) is 173 cm³/mol. The molecule has 0 saturated carbocycles. The standard InChI is InChI=1S/C8H18.C7H16.C6H14.C3H5N.C2H5Br.C2H4O2.C2H6O.CH4/c1-3-5-7-8-6-4-2;1-3-5-7-6-4-2;1-3-5-6-4-2;1-3-4-2;1-2-3;1-2(3)4;1-2-3;/h3-8H2,1-2H3;3-7H2,1-2H3;3-6H2,1-2H3;3H2,1H3;2H2,1H3;1H3,(H,3,4);3H,2H2,1H3;1H4. The van der Waals surface area contributed by atoms with Crippen LogP contribution in [0.15, 0.2) is 0 Å². The van der Waals surface area contributed by atoms with E-state index in [-0.39, 0.29) is 14.0 Å². The van der Waals surface area contributed by atoms with Crippen molar-refractivity contribution < 1.29 is 15.0 Å². The molecule has 2 N–H and O–H groups in total. The largest absolute Gasteiger partial charge is 0.481 e. The van der Waals surface area contributed by atoms with Crippen molar-refractivity contribution in [3.63, 3.8) is 0 Å². The number of hydrogen-bond acceptors (Lipinski definition) is 2. The van der Waals surface area contributed by atoms with E-state index >= 15 is 0 Å². The fourth-order valence-corrected chi connectivity index (χ4v) is 2.03. The number of halogens is 1. The van der Waals surface area contributed by atoms with E-state index in [0.29, 0.717) is 6.54 Å². The molecule has 0 rings (SSSR count). The number of alkyl halides is 1. The van der Waals surface area contributed by atoms with Gasteiger partial charge < -0.3 is 15.1 Å². The third-order valence-corrected chi connectivity index (χ3v) is 3.78. The molecule has 0 bridgehead atoms. The molecule has 0 aromatic heterocycles. The van der Waals surface area contributed by atoms with Gasteiger partial charge in [-0.25, -0.2) is 6.57 Å². The highest BCUT2D eigenvalue weighted by molar-refractivity contribution is 9.09. The Morgan fingerprint density at radius 1 is 0.639 bits per heavy atom. The summed E-state index contributed by atoms with van der Waals surface area (Å²) in [5, 5.41) is 16.0. The van der Waals surface area contributed by atoms with Crippen LogP contribution in [0.5, 0.6) is 0 Å². The van der Waals surface area contributed by atoms with Crippen LogP contribution in [0.3, 0.4) is 0 Å². The lowest BCUT2D eigenvalue weighted by molar-refractivity contribution is -0.134.